The van der Waals surface area contributed by atoms with Gasteiger partial charge < -0.3 is 9.47 Å². The molecule has 3 aromatic carbocycles. The topological polar surface area (TPSA) is 18.5 Å². The first-order valence-electron chi connectivity index (χ1n) is 7.00. The van der Waals surface area contributed by atoms with Crippen LogP contribution in [-0.2, 0) is 6.61 Å². The minimum absolute atomic E-state index is 0.522. The zero-order valence-corrected chi connectivity index (χ0v) is 14.1. The van der Waals surface area contributed by atoms with Gasteiger partial charge in [0.25, 0.3) is 0 Å². The summed E-state index contributed by atoms with van der Waals surface area (Å²) in [6, 6.07) is 25.7. The van der Waals surface area contributed by atoms with E-state index in [1.165, 1.54) is 3.57 Å². The first kappa shape index (κ1) is 14.9. The summed E-state index contributed by atoms with van der Waals surface area (Å²) < 4.78 is 12.8. The second-order valence-electron chi connectivity index (χ2n) is 4.81. The van der Waals surface area contributed by atoms with Gasteiger partial charge in [-0.1, -0.05) is 30.3 Å². The van der Waals surface area contributed by atoms with E-state index in [0.717, 1.165) is 22.8 Å². The van der Waals surface area contributed by atoms with Crippen molar-refractivity contribution in [1.82, 2.24) is 0 Å². The molecule has 0 fully saturated rings. The highest BCUT2D eigenvalue weighted by atomic mass is 127. The summed E-state index contributed by atoms with van der Waals surface area (Å²) in [6.45, 7) is 0.522. The number of hydrogen-bond acceptors (Lipinski definition) is 2. The molecular formula is C19H15IO2. The highest BCUT2D eigenvalue weighted by molar-refractivity contribution is 14.1. The average Bonchev–Trinajstić information content (AvgIpc) is 2.57. The van der Waals surface area contributed by atoms with Crippen molar-refractivity contribution in [1.29, 1.82) is 0 Å². The number of rotatable bonds is 5. The Hall–Kier alpha value is -2.01. The van der Waals surface area contributed by atoms with Crippen LogP contribution in [0.2, 0.25) is 0 Å². The number of para-hydroxylation sites is 1. The number of benzene rings is 3. The van der Waals surface area contributed by atoms with Crippen LogP contribution in [0.25, 0.3) is 0 Å². The van der Waals surface area contributed by atoms with Crippen LogP contribution < -0.4 is 9.47 Å². The lowest BCUT2D eigenvalue weighted by molar-refractivity contribution is 0.305. The van der Waals surface area contributed by atoms with E-state index in [4.69, 9.17) is 9.47 Å². The van der Waals surface area contributed by atoms with Crippen molar-refractivity contribution in [3.63, 3.8) is 0 Å². The van der Waals surface area contributed by atoms with Gasteiger partial charge in [-0.2, -0.15) is 0 Å². The third-order valence-corrected chi connectivity index (χ3v) is 3.82. The average molecular weight is 402 g/mol. The van der Waals surface area contributed by atoms with E-state index < -0.39 is 0 Å². The van der Waals surface area contributed by atoms with Crippen LogP contribution in [0.1, 0.15) is 5.56 Å². The SMILES string of the molecule is Ic1ccc(Oc2cccc(COc3ccccc3)c2)cc1. The van der Waals surface area contributed by atoms with Gasteiger partial charge in [0.2, 0.25) is 0 Å². The lowest BCUT2D eigenvalue weighted by atomic mass is 10.2. The maximum atomic E-state index is 5.87. The molecule has 2 nitrogen and oxygen atoms in total. The summed E-state index contributed by atoms with van der Waals surface area (Å²) in [5.41, 5.74) is 1.08. The fourth-order valence-electron chi connectivity index (χ4n) is 2.02. The Balaban J connectivity index is 1.66. The van der Waals surface area contributed by atoms with Crippen LogP contribution >= 0.6 is 22.6 Å². The third kappa shape index (κ3) is 4.24. The van der Waals surface area contributed by atoms with Gasteiger partial charge in [0.15, 0.2) is 0 Å². The van der Waals surface area contributed by atoms with Crippen molar-refractivity contribution in [3.8, 4) is 17.2 Å². The summed E-state index contributed by atoms with van der Waals surface area (Å²) in [5.74, 6) is 2.52. The largest absolute Gasteiger partial charge is 0.489 e. The summed E-state index contributed by atoms with van der Waals surface area (Å²) in [6.07, 6.45) is 0. The molecule has 0 radical (unpaired) electrons. The minimum Gasteiger partial charge on any atom is -0.489 e. The number of halogens is 1. The van der Waals surface area contributed by atoms with Crippen molar-refractivity contribution in [2.45, 2.75) is 6.61 Å². The molecule has 0 aliphatic carbocycles. The Morgan fingerprint density at radius 1 is 0.682 bits per heavy atom. The van der Waals surface area contributed by atoms with Crippen LogP contribution in [0.15, 0.2) is 78.9 Å². The summed E-state index contributed by atoms with van der Waals surface area (Å²) in [4.78, 5) is 0. The predicted octanol–water partition coefficient (Wildman–Crippen LogP) is 5.66. The normalized spacial score (nSPS) is 10.2. The number of ether oxygens (including phenoxy) is 2. The third-order valence-electron chi connectivity index (χ3n) is 3.10. The van der Waals surface area contributed by atoms with Gasteiger partial charge in [0.05, 0.1) is 0 Å². The van der Waals surface area contributed by atoms with Gasteiger partial charge in [-0.25, -0.2) is 0 Å². The molecule has 3 rings (SSSR count). The summed E-state index contributed by atoms with van der Waals surface area (Å²) in [5, 5.41) is 0. The molecule has 0 bridgehead atoms. The minimum atomic E-state index is 0.522. The van der Waals surface area contributed by atoms with Crippen molar-refractivity contribution in [3.05, 3.63) is 88.0 Å². The van der Waals surface area contributed by atoms with Crippen LogP contribution in [-0.4, -0.2) is 0 Å². The molecule has 0 amide bonds. The molecule has 0 aliphatic rings. The molecule has 0 unspecified atom stereocenters. The molecule has 0 saturated carbocycles. The standard InChI is InChI=1S/C19H15IO2/c20-16-9-11-18(12-10-16)22-19-8-4-5-15(13-19)14-21-17-6-2-1-3-7-17/h1-13H,14H2. The Labute approximate surface area is 143 Å². The zero-order valence-electron chi connectivity index (χ0n) is 11.9. The molecule has 0 aliphatic heterocycles. The van der Waals surface area contributed by atoms with Gasteiger partial charge >= 0.3 is 0 Å². The van der Waals surface area contributed by atoms with Crippen LogP contribution in [0.4, 0.5) is 0 Å². The molecule has 3 aromatic rings. The van der Waals surface area contributed by atoms with E-state index in [1.807, 2.05) is 78.9 Å². The van der Waals surface area contributed by atoms with Gasteiger partial charge in [-0.05, 0) is 76.7 Å². The van der Waals surface area contributed by atoms with E-state index in [9.17, 15) is 0 Å². The molecule has 0 heterocycles. The molecule has 0 spiro atoms. The second-order valence-corrected chi connectivity index (χ2v) is 6.05. The maximum Gasteiger partial charge on any atom is 0.127 e. The van der Waals surface area contributed by atoms with Gasteiger partial charge in [0.1, 0.15) is 23.9 Å². The van der Waals surface area contributed by atoms with Crippen molar-refractivity contribution in [2.24, 2.45) is 0 Å². The lowest BCUT2D eigenvalue weighted by Crippen LogP contribution is -1.95. The summed E-state index contributed by atoms with van der Waals surface area (Å²) in [7, 11) is 0. The molecule has 0 N–H and O–H groups in total. The van der Waals surface area contributed by atoms with Crippen molar-refractivity contribution < 1.29 is 9.47 Å². The van der Waals surface area contributed by atoms with E-state index in [-0.39, 0.29) is 0 Å². The lowest BCUT2D eigenvalue weighted by Gasteiger charge is -2.09. The van der Waals surface area contributed by atoms with E-state index in [2.05, 4.69) is 22.6 Å². The molecule has 0 aromatic heterocycles. The summed E-state index contributed by atoms with van der Waals surface area (Å²) >= 11 is 2.28. The fourth-order valence-corrected chi connectivity index (χ4v) is 2.38. The van der Waals surface area contributed by atoms with Crippen molar-refractivity contribution in [2.75, 3.05) is 0 Å². The van der Waals surface area contributed by atoms with E-state index >= 15 is 0 Å². The molecule has 3 heteroatoms. The second kappa shape index (κ2) is 7.31. The highest BCUT2D eigenvalue weighted by Crippen LogP contribution is 2.23. The van der Waals surface area contributed by atoms with Crippen LogP contribution in [0.5, 0.6) is 17.2 Å². The van der Waals surface area contributed by atoms with E-state index in [0.29, 0.717) is 6.61 Å². The van der Waals surface area contributed by atoms with E-state index in [1.54, 1.807) is 0 Å². The Kier molecular flexibility index (Phi) is 4.96. The first-order valence-corrected chi connectivity index (χ1v) is 8.08. The molecule has 110 valence electrons. The van der Waals surface area contributed by atoms with Crippen molar-refractivity contribution >= 4 is 22.6 Å². The van der Waals surface area contributed by atoms with Gasteiger partial charge in [-0.15, -0.1) is 0 Å². The molecule has 0 saturated heterocycles. The fraction of sp³-hybridized carbons (Fsp3) is 0.0526. The Bertz CT molecular complexity index is 724. The predicted molar refractivity (Wildman–Crippen MR) is 96.4 cm³/mol. The molecular weight excluding hydrogens is 387 g/mol. The van der Waals surface area contributed by atoms with Gasteiger partial charge in [-0.3, -0.25) is 0 Å². The smallest absolute Gasteiger partial charge is 0.127 e. The monoisotopic (exact) mass is 402 g/mol. The van der Waals surface area contributed by atoms with Crippen LogP contribution in [0.3, 0.4) is 0 Å². The number of hydrogen-bond donors (Lipinski definition) is 0. The van der Waals surface area contributed by atoms with Gasteiger partial charge in [0, 0.05) is 3.57 Å². The van der Waals surface area contributed by atoms with Crippen LogP contribution in [0, 0.1) is 3.57 Å². The Morgan fingerprint density at radius 3 is 2.18 bits per heavy atom. The Morgan fingerprint density at radius 2 is 1.41 bits per heavy atom. The quantitative estimate of drug-likeness (QED) is 0.513. The zero-order chi connectivity index (χ0) is 15.2. The first-order chi connectivity index (χ1) is 10.8. The highest BCUT2D eigenvalue weighted by Gasteiger charge is 2.01. The molecule has 0 atom stereocenters. The maximum absolute atomic E-state index is 5.87. The molecule has 22 heavy (non-hydrogen) atoms.